The van der Waals surface area contributed by atoms with Crippen molar-refractivity contribution < 1.29 is 5.11 Å². The van der Waals surface area contributed by atoms with E-state index in [0.717, 1.165) is 9.99 Å². The zero-order valence-electron chi connectivity index (χ0n) is 8.03. The molecule has 0 saturated heterocycles. The summed E-state index contributed by atoms with van der Waals surface area (Å²) in [7, 11) is 0. The Kier molecular flexibility index (Phi) is 2.23. The zero-order valence-corrected chi connectivity index (χ0v) is 9.62. The average molecular weight is 255 g/mol. The molecule has 0 amide bonds. The van der Waals surface area contributed by atoms with Crippen molar-refractivity contribution in [3.05, 3.63) is 22.8 Å². The molecule has 2 aromatic rings. The lowest BCUT2D eigenvalue weighted by Gasteiger charge is -2.05. The summed E-state index contributed by atoms with van der Waals surface area (Å²) in [6.07, 6.45) is 0. The number of halogens is 1. The van der Waals surface area contributed by atoms with Crippen molar-refractivity contribution in [3.63, 3.8) is 0 Å². The summed E-state index contributed by atoms with van der Waals surface area (Å²) in [6.45, 7) is 4.10. The first kappa shape index (κ1) is 9.52. The molecular weight excluding hydrogens is 244 g/mol. The minimum atomic E-state index is 0.225. The minimum absolute atomic E-state index is 0.225. The molecule has 1 aromatic carbocycles. The van der Waals surface area contributed by atoms with Crippen LogP contribution in [0, 0.1) is 0 Å². The van der Waals surface area contributed by atoms with E-state index in [1.807, 2.05) is 30.7 Å². The molecule has 0 aliphatic rings. The van der Waals surface area contributed by atoms with Gasteiger partial charge in [0.1, 0.15) is 15.9 Å². The van der Waals surface area contributed by atoms with E-state index in [9.17, 15) is 5.11 Å². The average Bonchev–Trinajstić information content (AvgIpc) is 2.46. The van der Waals surface area contributed by atoms with Gasteiger partial charge in [-0.15, -0.1) is 0 Å². The Labute approximate surface area is 90.5 Å². The minimum Gasteiger partial charge on any atom is -0.506 e. The van der Waals surface area contributed by atoms with Crippen molar-refractivity contribution in [2.24, 2.45) is 0 Å². The Balaban J connectivity index is 2.80. The van der Waals surface area contributed by atoms with Crippen LogP contribution in [-0.2, 0) is 0 Å². The van der Waals surface area contributed by atoms with Gasteiger partial charge in [-0.1, -0.05) is 6.07 Å². The molecule has 3 nitrogen and oxygen atoms in total. The van der Waals surface area contributed by atoms with Gasteiger partial charge in [-0.05, 0) is 41.9 Å². The van der Waals surface area contributed by atoms with Crippen LogP contribution in [0.2, 0.25) is 0 Å². The highest BCUT2D eigenvalue weighted by Crippen LogP contribution is 2.31. The fraction of sp³-hybridized carbons (Fsp3) is 0.300. The number of hydrogen-bond acceptors (Lipinski definition) is 2. The fourth-order valence-electron chi connectivity index (χ4n) is 1.42. The van der Waals surface area contributed by atoms with E-state index in [1.165, 1.54) is 0 Å². The maximum Gasteiger partial charge on any atom is 0.143 e. The molecule has 2 rings (SSSR count). The molecule has 0 radical (unpaired) electrons. The molecule has 4 heteroatoms. The van der Waals surface area contributed by atoms with Gasteiger partial charge >= 0.3 is 0 Å². The maximum absolute atomic E-state index is 9.59. The van der Waals surface area contributed by atoms with Gasteiger partial charge in [0.05, 0.1) is 0 Å². The molecule has 0 unspecified atom stereocenters. The maximum atomic E-state index is 9.59. The third-order valence-corrected chi connectivity index (χ3v) is 2.93. The first-order chi connectivity index (χ1) is 6.61. The van der Waals surface area contributed by atoms with Crippen LogP contribution in [-0.4, -0.2) is 14.9 Å². The van der Waals surface area contributed by atoms with E-state index >= 15 is 0 Å². The second-order valence-corrected chi connectivity index (χ2v) is 4.25. The summed E-state index contributed by atoms with van der Waals surface area (Å²) in [4.78, 5) is 0. The van der Waals surface area contributed by atoms with Crippen LogP contribution < -0.4 is 0 Å². The van der Waals surface area contributed by atoms with Crippen molar-refractivity contribution in [3.8, 4) is 5.75 Å². The molecular formula is C10H11BrN2O. The molecule has 0 spiro atoms. The number of phenolic OH excluding ortho intramolecular Hbond substituents is 1. The molecule has 14 heavy (non-hydrogen) atoms. The summed E-state index contributed by atoms with van der Waals surface area (Å²) in [5.41, 5.74) is 0.646. The van der Waals surface area contributed by atoms with Crippen molar-refractivity contribution in [2.75, 3.05) is 0 Å². The largest absolute Gasteiger partial charge is 0.506 e. The quantitative estimate of drug-likeness (QED) is 0.850. The first-order valence-corrected chi connectivity index (χ1v) is 5.26. The standard InChI is InChI=1S/C10H11BrN2O/c1-6(2)13-10(11)7-4-3-5-8(14)9(7)12-13/h3-6,14H,1-2H3. The third kappa shape index (κ3) is 1.30. The number of hydrogen-bond donors (Lipinski definition) is 1. The number of rotatable bonds is 1. The zero-order chi connectivity index (χ0) is 10.3. The van der Waals surface area contributed by atoms with E-state index in [0.29, 0.717) is 5.52 Å². The molecule has 0 aliphatic heterocycles. The molecule has 1 aromatic heterocycles. The van der Waals surface area contributed by atoms with Crippen molar-refractivity contribution in [1.29, 1.82) is 0 Å². The summed E-state index contributed by atoms with van der Waals surface area (Å²) in [5.74, 6) is 0.225. The highest BCUT2D eigenvalue weighted by atomic mass is 79.9. The lowest BCUT2D eigenvalue weighted by atomic mass is 10.2. The van der Waals surface area contributed by atoms with Gasteiger partial charge in [0, 0.05) is 11.4 Å². The number of nitrogens with zero attached hydrogens (tertiary/aromatic N) is 2. The Morgan fingerprint density at radius 2 is 2.14 bits per heavy atom. The lowest BCUT2D eigenvalue weighted by molar-refractivity contribution is 0.476. The topological polar surface area (TPSA) is 38.0 Å². The number of fused-ring (bicyclic) bond motifs is 1. The van der Waals surface area contributed by atoms with Crippen LogP contribution in [0.25, 0.3) is 10.9 Å². The van der Waals surface area contributed by atoms with E-state index in [-0.39, 0.29) is 11.8 Å². The van der Waals surface area contributed by atoms with Gasteiger partial charge < -0.3 is 5.11 Å². The molecule has 74 valence electrons. The lowest BCUT2D eigenvalue weighted by Crippen LogP contribution is -2.02. The number of phenols is 1. The molecule has 0 fully saturated rings. The van der Waals surface area contributed by atoms with E-state index in [1.54, 1.807) is 6.07 Å². The van der Waals surface area contributed by atoms with Crippen LogP contribution in [0.15, 0.2) is 22.8 Å². The molecule has 0 atom stereocenters. The summed E-state index contributed by atoms with van der Waals surface area (Å²) >= 11 is 3.48. The molecule has 1 heterocycles. The third-order valence-electron chi connectivity index (χ3n) is 2.13. The van der Waals surface area contributed by atoms with Crippen LogP contribution in [0.1, 0.15) is 19.9 Å². The van der Waals surface area contributed by atoms with Gasteiger partial charge in [-0.3, -0.25) is 4.68 Å². The Bertz CT molecular complexity index is 476. The van der Waals surface area contributed by atoms with Crippen molar-refractivity contribution in [2.45, 2.75) is 19.9 Å². The smallest absolute Gasteiger partial charge is 0.143 e. The van der Waals surface area contributed by atoms with E-state index in [2.05, 4.69) is 21.0 Å². The van der Waals surface area contributed by atoms with Gasteiger partial charge in [0.15, 0.2) is 0 Å². The highest BCUT2D eigenvalue weighted by molar-refractivity contribution is 9.10. The van der Waals surface area contributed by atoms with Gasteiger partial charge in [-0.25, -0.2) is 0 Å². The molecule has 0 aliphatic carbocycles. The van der Waals surface area contributed by atoms with Crippen LogP contribution in [0.3, 0.4) is 0 Å². The Morgan fingerprint density at radius 3 is 2.71 bits per heavy atom. The Morgan fingerprint density at radius 1 is 1.43 bits per heavy atom. The molecule has 0 saturated carbocycles. The van der Waals surface area contributed by atoms with Gasteiger partial charge in [0.2, 0.25) is 0 Å². The monoisotopic (exact) mass is 254 g/mol. The number of benzene rings is 1. The van der Waals surface area contributed by atoms with Gasteiger partial charge in [0.25, 0.3) is 0 Å². The summed E-state index contributed by atoms with van der Waals surface area (Å²) in [6, 6.07) is 5.67. The summed E-state index contributed by atoms with van der Waals surface area (Å²) < 4.78 is 2.77. The predicted molar refractivity (Wildman–Crippen MR) is 59.5 cm³/mol. The Hall–Kier alpha value is -1.03. The van der Waals surface area contributed by atoms with Gasteiger partial charge in [-0.2, -0.15) is 5.10 Å². The predicted octanol–water partition coefficient (Wildman–Crippen LogP) is 3.09. The second kappa shape index (κ2) is 3.28. The normalized spacial score (nSPS) is 11.4. The SMILES string of the molecule is CC(C)n1nc2c(O)cccc2c1Br. The van der Waals surface area contributed by atoms with Crippen molar-refractivity contribution >= 4 is 26.8 Å². The number of aromatic nitrogens is 2. The highest BCUT2D eigenvalue weighted by Gasteiger charge is 2.12. The second-order valence-electron chi connectivity index (χ2n) is 3.50. The summed E-state index contributed by atoms with van der Waals surface area (Å²) in [5, 5.41) is 14.9. The molecule has 1 N–H and O–H groups in total. The van der Waals surface area contributed by atoms with Crippen LogP contribution >= 0.6 is 15.9 Å². The van der Waals surface area contributed by atoms with Crippen LogP contribution in [0.4, 0.5) is 0 Å². The molecule has 0 bridgehead atoms. The van der Waals surface area contributed by atoms with E-state index in [4.69, 9.17) is 0 Å². The first-order valence-electron chi connectivity index (χ1n) is 4.47. The van der Waals surface area contributed by atoms with Crippen molar-refractivity contribution in [1.82, 2.24) is 9.78 Å². The van der Waals surface area contributed by atoms with E-state index < -0.39 is 0 Å². The number of aromatic hydroxyl groups is 1. The van der Waals surface area contributed by atoms with Crippen LogP contribution in [0.5, 0.6) is 5.75 Å². The fourth-order valence-corrected chi connectivity index (χ4v) is 2.23.